The van der Waals surface area contributed by atoms with Crippen molar-refractivity contribution in [3.05, 3.63) is 12.4 Å². The molecule has 4 heteroatoms. The Kier molecular flexibility index (Phi) is 5.52. The van der Waals surface area contributed by atoms with E-state index < -0.39 is 0 Å². The lowest BCUT2D eigenvalue weighted by Crippen LogP contribution is -2.34. The predicted molar refractivity (Wildman–Crippen MR) is 72.9 cm³/mol. The molecule has 1 fully saturated rings. The fraction of sp³-hybridized carbons (Fsp3) is 0.786. The summed E-state index contributed by atoms with van der Waals surface area (Å²) in [7, 11) is 0. The number of hydrogen-bond acceptors (Lipinski definition) is 3. The van der Waals surface area contributed by atoms with Crippen molar-refractivity contribution in [2.45, 2.75) is 58.0 Å². The fourth-order valence-electron chi connectivity index (χ4n) is 2.51. The maximum Gasteiger partial charge on any atom is 0.157 e. The molecule has 0 aliphatic heterocycles. The number of aromatic nitrogens is 2. The molecule has 1 aliphatic rings. The molecule has 18 heavy (non-hydrogen) atoms. The third-order valence-electron chi connectivity index (χ3n) is 3.47. The zero-order chi connectivity index (χ0) is 12.6. The molecule has 1 N–H and O–H groups in total. The van der Waals surface area contributed by atoms with E-state index in [0.29, 0.717) is 6.04 Å². The zero-order valence-corrected chi connectivity index (χ0v) is 11.4. The van der Waals surface area contributed by atoms with Crippen LogP contribution in [0.25, 0.3) is 0 Å². The van der Waals surface area contributed by atoms with Crippen molar-refractivity contribution in [3.63, 3.8) is 0 Å². The van der Waals surface area contributed by atoms with Gasteiger partial charge in [-0.25, -0.2) is 0 Å². The van der Waals surface area contributed by atoms with Gasteiger partial charge in [-0.2, -0.15) is 5.10 Å². The normalized spacial score (nSPS) is 16.9. The Morgan fingerprint density at radius 2 is 2.22 bits per heavy atom. The monoisotopic (exact) mass is 251 g/mol. The van der Waals surface area contributed by atoms with Gasteiger partial charge in [0.25, 0.3) is 0 Å². The molecule has 0 unspecified atom stereocenters. The van der Waals surface area contributed by atoms with Crippen LogP contribution < -0.4 is 10.1 Å². The summed E-state index contributed by atoms with van der Waals surface area (Å²) in [5, 5.41) is 7.82. The molecule has 0 radical (unpaired) electrons. The van der Waals surface area contributed by atoms with E-state index in [4.69, 9.17) is 4.74 Å². The highest BCUT2D eigenvalue weighted by Gasteiger charge is 2.11. The largest absolute Gasteiger partial charge is 0.489 e. The summed E-state index contributed by atoms with van der Waals surface area (Å²) < 4.78 is 7.61. The number of rotatable bonds is 7. The van der Waals surface area contributed by atoms with Gasteiger partial charge in [0.2, 0.25) is 0 Å². The number of nitrogens with zero attached hydrogens (tertiary/aromatic N) is 2. The quantitative estimate of drug-likeness (QED) is 0.757. The first kappa shape index (κ1) is 13.4. The van der Waals surface area contributed by atoms with E-state index >= 15 is 0 Å². The van der Waals surface area contributed by atoms with Crippen LogP contribution in [0.15, 0.2) is 12.4 Å². The fourth-order valence-corrected chi connectivity index (χ4v) is 2.51. The highest BCUT2D eigenvalue weighted by Crippen LogP contribution is 2.17. The van der Waals surface area contributed by atoms with Crippen molar-refractivity contribution >= 4 is 0 Å². The van der Waals surface area contributed by atoms with Crippen LogP contribution in [0.3, 0.4) is 0 Å². The SMILES string of the molecule is CCCn1cc(OCCNC2CCCCC2)cn1. The van der Waals surface area contributed by atoms with Crippen LogP contribution in [0.2, 0.25) is 0 Å². The van der Waals surface area contributed by atoms with Gasteiger partial charge in [0, 0.05) is 19.1 Å². The van der Waals surface area contributed by atoms with Crippen LogP contribution in [0.1, 0.15) is 45.4 Å². The Bertz CT molecular complexity index is 332. The summed E-state index contributed by atoms with van der Waals surface area (Å²) in [4.78, 5) is 0. The second-order valence-electron chi connectivity index (χ2n) is 5.08. The van der Waals surface area contributed by atoms with Crippen molar-refractivity contribution in [1.82, 2.24) is 15.1 Å². The number of aryl methyl sites for hydroxylation is 1. The molecule has 0 spiro atoms. The van der Waals surface area contributed by atoms with E-state index in [1.165, 1.54) is 32.1 Å². The van der Waals surface area contributed by atoms with Gasteiger partial charge in [-0.15, -0.1) is 0 Å². The molecule has 0 aromatic carbocycles. The molecule has 1 saturated carbocycles. The Morgan fingerprint density at radius 3 is 3.00 bits per heavy atom. The third kappa shape index (κ3) is 4.33. The molecule has 1 aliphatic carbocycles. The first-order chi connectivity index (χ1) is 8.88. The van der Waals surface area contributed by atoms with Crippen molar-refractivity contribution < 1.29 is 4.74 Å². The molecule has 102 valence electrons. The average molecular weight is 251 g/mol. The van der Waals surface area contributed by atoms with Crippen molar-refractivity contribution in [3.8, 4) is 5.75 Å². The lowest BCUT2D eigenvalue weighted by atomic mass is 9.96. The van der Waals surface area contributed by atoms with Crippen molar-refractivity contribution in [1.29, 1.82) is 0 Å². The van der Waals surface area contributed by atoms with E-state index in [1.807, 2.05) is 10.9 Å². The molecule has 0 bridgehead atoms. The minimum Gasteiger partial charge on any atom is -0.489 e. The van der Waals surface area contributed by atoms with Gasteiger partial charge < -0.3 is 10.1 Å². The summed E-state index contributed by atoms with van der Waals surface area (Å²) in [5.41, 5.74) is 0. The highest BCUT2D eigenvalue weighted by molar-refractivity contribution is 5.11. The smallest absolute Gasteiger partial charge is 0.157 e. The Morgan fingerprint density at radius 1 is 1.39 bits per heavy atom. The lowest BCUT2D eigenvalue weighted by Gasteiger charge is -2.22. The molecular weight excluding hydrogens is 226 g/mol. The molecule has 4 nitrogen and oxygen atoms in total. The van der Waals surface area contributed by atoms with Gasteiger partial charge >= 0.3 is 0 Å². The van der Waals surface area contributed by atoms with Crippen LogP contribution in [0, 0.1) is 0 Å². The van der Waals surface area contributed by atoms with Crippen LogP contribution in [0.5, 0.6) is 5.75 Å². The minimum atomic E-state index is 0.713. The zero-order valence-electron chi connectivity index (χ0n) is 11.4. The van der Waals surface area contributed by atoms with E-state index in [2.05, 4.69) is 17.3 Å². The first-order valence-corrected chi connectivity index (χ1v) is 7.27. The third-order valence-corrected chi connectivity index (χ3v) is 3.47. The molecule has 0 atom stereocenters. The topological polar surface area (TPSA) is 39.1 Å². The number of nitrogens with one attached hydrogen (secondary N) is 1. The maximum absolute atomic E-state index is 5.68. The molecular formula is C14H25N3O. The Labute approximate surface area is 110 Å². The maximum atomic E-state index is 5.68. The summed E-state index contributed by atoms with van der Waals surface area (Å²) in [6, 6.07) is 0.713. The summed E-state index contributed by atoms with van der Waals surface area (Å²) in [6.07, 6.45) is 11.7. The number of hydrogen-bond donors (Lipinski definition) is 1. The Balaban J connectivity index is 1.59. The van der Waals surface area contributed by atoms with Gasteiger partial charge in [0.05, 0.1) is 12.4 Å². The first-order valence-electron chi connectivity index (χ1n) is 7.27. The van der Waals surface area contributed by atoms with Crippen molar-refractivity contribution in [2.75, 3.05) is 13.2 Å². The van der Waals surface area contributed by atoms with Gasteiger partial charge in [0.15, 0.2) is 5.75 Å². The van der Waals surface area contributed by atoms with Crippen LogP contribution in [0.4, 0.5) is 0 Å². The summed E-state index contributed by atoms with van der Waals surface area (Å²) >= 11 is 0. The second-order valence-corrected chi connectivity index (χ2v) is 5.08. The second kappa shape index (κ2) is 7.41. The highest BCUT2D eigenvalue weighted by atomic mass is 16.5. The van der Waals surface area contributed by atoms with Gasteiger partial charge in [-0.05, 0) is 19.3 Å². The van der Waals surface area contributed by atoms with E-state index in [-0.39, 0.29) is 0 Å². The van der Waals surface area contributed by atoms with E-state index in [9.17, 15) is 0 Å². The lowest BCUT2D eigenvalue weighted by molar-refractivity contribution is 0.289. The van der Waals surface area contributed by atoms with Crippen LogP contribution in [-0.4, -0.2) is 29.0 Å². The molecule has 1 aromatic rings. The molecule has 0 saturated heterocycles. The van der Waals surface area contributed by atoms with Gasteiger partial charge in [-0.3, -0.25) is 4.68 Å². The van der Waals surface area contributed by atoms with E-state index in [0.717, 1.165) is 31.9 Å². The molecule has 1 heterocycles. The van der Waals surface area contributed by atoms with Gasteiger partial charge in [0.1, 0.15) is 6.61 Å². The number of ether oxygens (including phenoxy) is 1. The molecule has 0 amide bonds. The molecule has 2 rings (SSSR count). The summed E-state index contributed by atoms with van der Waals surface area (Å²) in [5.74, 6) is 0.883. The predicted octanol–water partition coefficient (Wildman–Crippen LogP) is 2.59. The van der Waals surface area contributed by atoms with Gasteiger partial charge in [-0.1, -0.05) is 26.2 Å². The standard InChI is InChI=1S/C14H25N3O/c1-2-9-17-12-14(11-16-17)18-10-8-15-13-6-4-3-5-7-13/h11-13,15H,2-10H2,1H3. The summed E-state index contributed by atoms with van der Waals surface area (Å²) in [6.45, 7) is 4.78. The van der Waals surface area contributed by atoms with Crippen molar-refractivity contribution in [2.24, 2.45) is 0 Å². The van der Waals surface area contributed by atoms with E-state index in [1.54, 1.807) is 6.20 Å². The van der Waals surface area contributed by atoms with Crippen LogP contribution in [-0.2, 0) is 6.54 Å². The molecule has 1 aromatic heterocycles. The van der Waals surface area contributed by atoms with Crippen LogP contribution >= 0.6 is 0 Å². The average Bonchev–Trinajstić information content (AvgIpc) is 2.84. The minimum absolute atomic E-state index is 0.713. The Hall–Kier alpha value is -1.03.